The number of hydrogen-bond donors (Lipinski definition) is 1. The van der Waals surface area contributed by atoms with Crippen molar-refractivity contribution < 1.29 is 19.4 Å². The number of ether oxygens (including phenoxy) is 1. The molecular weight excluding hydrogens is 220 g/mol. The third-order valence-electron chi connectivity index (χ3n) is 3.97. The number of rotatable bonds is 4. The molecule has 0 aromatic heterocycles. The van der Waals surface area contributed by atoms with E-state index in [1.54, 1.807) is 0 Å². The van der Waals surface area contributed by atoms with Crippen LogP contribution in [0.2, 0.25) is 0 Å². The van der Waals surface area contributed by atoms with Crippen molar-refractivity contribution in [3.8, 4) is 0 Å². The molecule has 1 N–H and O–H groups in total. The molecule has 4 heteroatoms. The SMILES string of the molecule is COC(=O)/C(=C\C1C(C(=O)O)C1(C)C)C1CC1. The molecule has 2 unspecified atom stereocenters. The van der Waals surface area contributed by atoms with Gasteiger partial charge in [-0.3, -0.25) is 4.79 Å². The largest absolute Gasteiger partial charge is 0.481 e. The Morgan fingerprint density at radius 2 is 1.94 bits per heavy atom. The van der Waals surface area contributed by atoms with Crippen molar-refractivity contribution in [3.63, 3.8) is 0 Å². The van der Waals surface area contributed by atoms with Gasteiger partial charge in [-0.15, -0.1) is 0 Å². The van der Waals surface area contributed by atoms with E-state index in [4.69, 9.17) is 9.84 Å². The number of esters is 1. The molecule has 2 aliphatic carbocycles. The molecular formula is C13H18O4. The second-order valence-electron chi connectivity index (χ2n) is 5.55. The lowest BCUT2D eigenvalue weighted by Crippen LogP contribution is -2.07. The Bertz CT molecular complexity index is 390. The molecule has 0 radical (unpaired) electrons. The summed E-state index contributed by atoms with van der Waals surface area (Å²) in [5, 5.41) is 9.08. The van der Waals surface area contributed by atoms with E-state index in [1.165, 1.54) is 7.11 Å². The minimum absolute atomic E-state index is 0.0466. The molecule has 0 saturated heterocycles. The fraction of sp³-hybridized carbons (Fsp3) is 0.692. The van der Waals surface area contributed by atoms with Gasteiger partial charge in [0.1, 0.15) is 0 Å². The third-order valence-corrected chi connectivity index (χ3v) is 3.97. The van der Waals surface area contributed by atoms with Crippen LogP contribution in [0.4, 0.5) is 0 Å². The van der Waals surface area contributed by atoms with Gasteiger partial charge in [0.25, 0.3) is 0 Å². The zero-order chi connectivity index (χ0) is 12.8. The molecule has 0 heterocycles. The predicted molar refractivity (Wildman–Crippen MR) is 61.2 cm³/mol. The Hall–Kier alpha value is -1.32. The van der Waals surface area contributed by atoms with Gasteiger partial charge < -0.3 is 9.84 Å². The molecule has 17 heavy (non-hydrogen) atoms. The summed E-state index contributed by atoms with van der Waals surface area (Å²) in [4.78, 5) is 22.7. The van der Waals surface area contributed by atoms with Crippen molar-refractivity contribution >= 4 is 11.9 Å². The van der Waals surface area contributed by atoms with Gasteiger partial charge in [-0.1, -0.05) is 19.9 Å². The van der Waals surface area contributed by atoms with Crippen molar-refractivity contribution in [2.75, 3.05) is 7.11 Å². The molecule has 4 nitrogen and oxygen atoms in total. The van der Waals surface area contributed by atoms with Gasteiger partial charge in [0.05, 0.1) is 13.0 Å². The van der Waals surface area contributed by atoms with Crippen molar-refractivity contribution in [1.82, 2.24) is 0 Å². The van der Waals surface area contributed by atoms with Gasteiger partial charge in [-0.05, 0) is 30.1 Å². The molecule has 2 saturated carbocycles. The minimum Gasteiger partial charge on any atom is -0.481 e. The van der Waals surface area contributed by atoms with Crippen molar-refractivity contribution in [2.45, 2.75) is 26.7 Å². The summed E-state index contributed by atoms with van der Waals surface area (Å²) >= 11 is 0. The highest BCUT2D eigenvalue weighted by molar-refractivity contribution is 5.90. The quantitative estimate of drug-likeness (QED) is 0.599. The van der Waals surface area contributed by atoms with Crippen LogP contribution in [-0.4, -0.2) is 24.2 Å². The summed E-state index contributed by atoms with van der Waals surface area (Å²) in [5.41, 5.74) is 0.425. The van der Waals surface area contributed by atoms with E-state index in [0.717, 1.165) is 12.8 Å². The average molecular weight is 238 g/mol. The number of carbonyl (C=O) groups is 2. The maximum absolute atomic E-state index is 11.6. The van der Waals surface area contributed by atoms with Crippen LogP contribution in [0.1, 0.15) is 26.7 Å². The van der Waals surface area contributed by atoms with E-state index < -0.39 is 5.97 Å². The van der Waals surface area contributed by atoms with Crippen molar-refractivity contribution in [1.29, 1.82) is 0 Å². The van der Waals surface area contributed by atoms with Crippen LogP contribution >= 0.6 is 0 Å². The van der Waals surface area contributed by atoms with Crippen LogP contribution in [0, 0.1) is 23.2 Å². The Morgan fingerprint density at radius 1 is 1.35 bits per heavy atom. The highest BCUT2D eigenvalue weighted by Crippen LogP contribution is 2.60. The molecule has 94 valence electrons. The molecule has 0 aromatic rings. The van der Waals surface area contributed by atoms with Gasteiger partial charge >= 0.3 is 11.9 Å². The highest BCUT2D eigenvalue weighted by atomic mass is 16.5. The van der Waals surface area contributed by atoms with Crippen molar-refractivity contribution in [3.05, 3.63) is 11.6 Å². The highest BCUT2D eigenvalue weighted by Gasteiger charge is 2.61. The van der Waals surface area contributed by atoms with Gasteiger partial charge in [0.2, 0.25) is 0 Å². The number of methoxy groups -OCH3 is 1. The second kappa shape index (κ2) is 3.86. The summed E-state index contributed by atoms with van der Waals surface area (Å²) in [7, 11) is 1.37. The van der Waals surface area contributed by atoms with E-state index in [0.29, 0.717) is 5.57 Å². The summed E-state index contributed by atoms with van der Waals surface area (Å²) in [6.45, 7) is 3.85. The number of carboxylic acid groups (broad SMARTS) is 1. The van der Waals surface area contributed by atoms with Crippen LogP contribution in [0.5, 0.6) is 0 Å². The van der Waals surface area contributed by atoms with Gasteiger partial charge in [-0.25, -0.2) is 4.79 Å². The first-order valence-electron chi connectivity index (χ1n) is 5.92. The Morgan fingerprint density at radius 3 is 2.29 bits per heavy atom. The van der Waals surface area contributed by atoms with E-state index >= 15 is 0 Å². The van der Waals surface area contributed by atoms with Gasteiger partial charge in [0, 0.05) is 5.57 Å². The second-order valence-corrected chi connectivity index (χ2v) is 5.55. The Labute approximate surface area is 101 Å². The van der Waals surface area contributed by atoms with Crippen LogP contribution < -0.4 is 0 Å². The number of carbonyl (C=O) groups excluding carboxylic acids is 1. The summed E-state index contributed by atoms with van der Waals surface area (Å²) in [5.74, 6) is -1.22. The lowest BCUT2D eigenvalue weighted by atomic mass is 10.0. The zero-order valence-corrected chi connectivity index (χ0v) is 10.4. The van der Waals surface area contributed by atoms with E-state index in [-0.39, 0.29) is 29.1 Å². The van der Waals surface area contributed by atoms with Crippen LogP contribution in [-0.2, 0) is 14.3 Å². The summed E-state index contributed by atoms with van der Waals surface area (Å²) < 4.78 is 4.75. The Balaban J connectivity index is 2.18. The minimum atomic E-state index is -0.781. The smallest absolute Gasteiger partial charge is 0.333 e. The predicted octanol–water partition coefficient (Wildman–Crippen LogP) is 1.85. The monoisotopic (exact) mass is 238 g/mol. The lowest BCUT2D eigenvalue weighted by molar-refractivity contribution is -0.139. The third kappa shape index (κ3) is 2.08. The molecule has 0 aromatic carbocycles. The zero-order valence-electron chi connectivity index (χ0n) is 10.4. The molecule has 2 rings (SSSR count). The van der Waals surface area contributed by atoms with E-state index in [9.17, 15) is 9.59 Å². The average Bonchev–Trinajstić information content (AvgIpc) is 3.11. The van der Waals surface area contributed by atoms with Gasteiger partial charge in [-0.2, -0.15) is 0 Å². The summed E-state index contributed by atoms with van der Waals surface area (Å²) in [6, 6.07) is 0. The molecule has 0 amide bonds. The van der Waals surface area contributed by atoms with Gasteiger partial charge in [0.15, 0.2) is 0 Å². The van der Waals surface area contributed by atoms with Crippen LogP contribution in [0.25, 0.3) is 0 Å². The first-order valence-corrected chi connectivity index (χ1v) is 5.92. The maximum atomic E-state index is 11.6. The molecule has 2 fully saturated rings. The first kappa shape index (κ1) is 12.1. The number of aliphatic carboxylic acids is 1. The fourth-order valence-corrected chi connectivity index (χ4v) is 2.54. The van der Waals surface area contributed by atoms with Crippen molar-refractivity contribution in [2.24, 2.45) is 23.2 Å². The number of carboxylic acids is 1. The standard InChI is InChI=1S/C13H18O4/c1-13(2)9(10(13)11(14)15)6-8(7-4-5-7)12(16)17-3/h6-7,9-10H,4-5H2,1-3H3,(H,14,15)/b8-6-. The topological polar surface area (TPSA) is 63.6 Å². The molecule has 0 spiro atoms. The summed E-state index contributed by atoms with van der Waals surface area (Å²) in [6.07, 6.45) is 3.85. The molecule has 0 bridgehead atoms. The first-order chi connectivity index (χ1) is 7.89. The number of allylic oxidation sites excluding steroid dienone is 1. The molecule has 2 aliphatic rings. The normalized spacial score (nSPS) is 30.9. The molecule has 2 atom stereocenters. The van der Waals surface area contributed by atoms with Crippen LogP contribution in [0.15, 0.2) is 11.6 Å². The maximum Gasteiger partial charge on any atom is 0.333 e. The fourth-order valence-electron chi connectivity index (χ4n) is 2.54. The Kier molecular flexibility index (Phi) is 2.76. The lowest BCUT2D eigenvalue weighted by Gasteiger charge is -2.04. The van der Waals surface area contributed by atoms with E-state index in [2.05, 4.69) is 0 Å². The van der Waals surface area contributed by atoms with Crippen LogP contribution in [0.3, 0.4) is 0 Å². The number of hydrogen-bond acceptors (Lipinski definition) is 3. The molecule has 0 aliphatic heterocycles. The van der Waals surface area contributed by atoms with E-state index in [1.807, 2.05) is 19.9 Å².